The summed E-state index contributed by atoms with van der Waals surface area (Å²) in [4.78, 5) is 12.7. The van der Waals surface area contributed by atoms with Crippen molar-refractivity contribution in [2.45, 2.75) is 38.9 Å². The summed E-state index contributed by atoms with van der Waals surface area (Å²) in [5.41, 5.74) is 2.76. The van der Waals surface area contributed by atoms with Crippen molar-refractivity contribution in [3.63, 3.8) is 0 Å². The van der Waals surface area contributed by atoms with Crippen LogP contribution in [0.15, 0.2) is 78.9 Å². The molecule has 0 N–H and O–H groups in total. The summed E-state index contributed by atoms with van der Waals surface area (Å²) in [7, 11) is -1.49. The number of ketones is 1. The Kier molecular flexibility index (Phi) is 7.05. The van der Waals surface area contributed by atoms with Crippen LogP contribution >= 0.6 is 0 Å². The Balaban J connectivity index is 1.60. The van der Waals surface area contributed by atoms with Gasteiger partial charge in [0.2, 0.25) is 0 Å². The number of carbonyl (C=O) groups excluding carboxylic acids is 1. The summed E-state index contributed by atoms with van der Waals surface area (Å²) < 4.78 is 5.56. The van der Waals surface area contributed by atoms with Crippen LogP contribution in [-0.2, 0) is 6.42 Å². The first-order chi connectivity index (χ1) is 14.0. The minimum absolute atomic E-state index is 0.0940. The van der Waals surface area contributed by atoms with Gasteiger partial charge in [0, 0.05) is 11.1 Å². The molecule has 3 aromatic carbocycles. The van der Waals surface area contributed by atoms with Crippen molar-refractivity contribution >= 4 is 19.0 Å². The van der Waals surface area contributed by atoms with Crippen molar-refractivity contribution in [1.82, 2.24) is 0 Å². The number of rotatable bonds is 9. The molecule has 3 aromatic rings. The maximum atomic E-state index is 12.7. The number of aryl methyl sites for hydroxylation is 1. The van der Waals surface area contributed by atoms with E-state index in [1.54, 1.807) is 0 Å². The Hall–Kier alpha value is -2.65. The average Bonchev–Trinajstić information content (AvgIpc) is 2.74. The van der Waals surface area contributed by atoms with Crippen LogP contribution in [0.1, 0.15) is 34.8 Å². The molecule has 0 amide bonds. The first-order valence-electron chi connectivity index (χ1n) is 10.4. The second-order valence-corrected chi connectivity index (χ2v) is 12.9. The molecule has 29 heavy (non-hydrogen) atoms. The number of ether oxygens (including phenoxy) is 1. The summed E-state index contributed by atoms with van der Waals surface area (Å²) in [5, 5.41) is 1.47. The predicted octanol–water partition coefficient (Wildman–Crippen LogP) is 5.86. The Bertz CT molecular complexity index is 930. The lowest BCUT2D eigenvalue weighted by atomic mass is 10.00. The monoisotopic (exact) mass is 402 g/mol. The summed E-state index contributed by atoms with van der Waals surface area (Å²) in [5.74, 6) is 1.04. The van der Waals surface area contributed by atoms with Gasteiger partial charge in [0.1, 0.15) is 5.75 Å². The van der Waals surface area contributed by atoms with Gasteiger partial charge in [-0.05, 0) is 37.1 Å². The molecule has 0 aliphatic heterocycles. The fraction of sp³-hybridized carbons (Fsp3) is 0.269. The lowest BCUT2D eigenvalue weighted by Crippen LogP contribution is -2.41. The largest absolute Gasteiger partial charge is 0.494 e. The van der Waals surface area contributed by atoms with Gasteiger partial charge in [0.25, 0.3) is 0 Å². The highest BCUT2D eigenvalue weighted by molar-refractivity contribution is 6.89. The van der Waals surface area contributed by atoms with E-state index in [2.05, 4.69) is 49.5 Å². The fourth-order valence-electron chi connectivity index (χ4n) is 3.67. The lowest BCUT2D eigenvalue weighted by Gasteiger charge is -2.23. The molecule has 0 fully saturated rings. The van der Waals surface area contributed by atoms with E-state index < -0.39 is 8.07 Å². The van der Waals surface area contributed by atoms with Crippen LogP contribution in [0.5, 0.6) is 5.75 Å². The Labute approximate surface area is 175 Å². The molecule has 3 heteroatoms. The van der Waals surface area contributed by atoms with Crippen molar-refractivity contribution in [2.24, 2.45) is 0 Å². The predicted molar refractivity (Wildman–Crippen MR) is 124 cm³/mol. The molecule has 3 rings (SSSR count). The van der Waals surface area contributed by atoms with Crippen LogP contribution in [0, 0.1) is 0 Å². The van der Waals surface area contributed by atoms with Gasteiger partial charge in [-0.3, -0.25) is 4.79 Å². The summed E-state index contributed by atoms with van der Waals surface area (Å²) >= 11 is 0. The Morgan fingerprint density at radius 1 is 0.862 bits per heavy atom. The molecule has 0 spiro atoms. The molecule has 0 aliphatic rings. The van der Waals surface area contributed by atoms with Gasteiger partial charge in [0.05, 0.1) is 14.7 Å². The maximum Gasteiger partial charge on any atom is 0.193 e. The van der Waals surface area contributed by atoms with Crippen LogP contribution in [0.3, 0.4) is 0 Å². The number of benzene rings is 3. The third-order valence-corrected chi connectivity index (χ3v) is 8.94. The van der Waals surface area contributed by atoms with E-state index in [4.69, 9.17) is 4.74 Å². The van der Waals surface area contributed by atoms with Crippen molar-refractivity contribution in [3.05, 3.63) is 95.6 Å². The normalized spacial score (nSPS) is 11.3. The molecule has 0 saturated carbocycles. The standard InChI is InChI=1S/C26H30O2Si/c1-4-28-24-15-17-25(18-16-24)29(2,3)19-9-11-21-10-8-14-23(20-21)26(27)22-12-6-5-7-13-22/h5-8,10,12-18,20H,4,9,11,19H2,1-3H3. The molecule has 2 nitrogen and oxygen atoms in total. The number of carbonyl (C=O) groups is 1. The van der Waals surface area contributed by atoms with Crippen LogP contribution in [0.25, 0.3) is 0 Å². The van der Waals surface area contributed by atoms with Crippen molar-refractivity contribution in [2.75, 3.05) is 6.61 Å². The summed E-state index contributed by atoms with van der Waals surface area (Å²) in [6, 6.07) is 27.5. The van der Waals surface area contributed by atoms with Crippen molar-refractivity contribution < 1.29 is 9.53 Å². The molecular weight excluding hydrogens is 372 g/mol. The first kappa shape index (κ1) is 21.1. The van der Waals surface area contributed by atoms with E-state index in [0.29, 0.717) is 6.61 Å². The van der Waals surface area contributed by atoms with Crippen LogP contribution in [-0.4, -0.2) is 20.5 Å². The second kappa shape index (κ2) is 9.70. The molecule has 0 aromatic heterocycles. The van der Waals surface area contributed by atoms with Crippen molar-refractivity contribution in [1.29, 1.82) is 0 Å². The Morgan fingerprint density at radius 2 is 1.55 bits per heavy atom. The van der Waals surface area contributed by atoms with E-state index >= 15 is 0 Å². The van der Waals surface area contributed by atoms with E-state index in [-0.39, 0.29) is 5.78 Å². The molecule has 150 valence electrons. The second-order valence-electron chi connectivity index (χ2n) is 8.09. The average molecular weight is 403 g/mol. The maximum absolute atomic E-state index is 12.7. The highest BCUT2D eigenvalue weighted by Crippen LogP contribution is 2.19. The molecule has 0 unspecified atom stereocenters. The van der Waals surface area contributed by atoms with Crippen LogP contribution in [0.4, 0.5) is 0 Å². The lowest BCUT2D eigenvalue weighted by molar-refractivity contribution is 0.103. The third-order valence-electron chi connectivity index (χ3n) is 5.44. The van der Waals surface area contributed by atoms with Gasteiger partial charge in [-0.2, -0.15) is 0 Å². The van der Waals surface area contributed by atoms with Crippen LogP contribution in [0.2, 0.25) is 19.1 Å². The summed E-state index contributed by atoms with van der Waals surface area (Å²) in [6.07, 6.45) is 2.14. The van der Waals surface area contributed by atoms with Gasteiger partial charge < -0.3 is 4.74 Å². The highest BCUT2D eigenvalue weighted by Gasteiger charge is 2.22. The SMILES string of the molecule is CCOc1ccc([Si](C)(C)CCCc2cccc(C(=O)c3ccccc3)c2)cc1. The van der Waals surface area contributed by atoms with Gasteiger partial charge in [-0.15, -0.1) is 0 Å². The fourth-order valence-corrected chi connectivity index (χ4v) is 6.09. The molecule has 0 aliphatic carbocycles. The Morgan fingerprint density at radius 3 is 2.24 bits per heavy atom. The van der Waals surface area contributed by atoms with E-state index in [1.807, 2.05) is 49.4 Å². The molecule has 0 bridgehead atoms. The zero-order chi connectivity index (χ0) is 20.7. The van der Waals surface area contributed by atoms with Gasteiger partial charge in [-0.25, -0.2) is 0 Å². The number of hydrogen-bond donors (Lipinski definition) is 0. The minimum atomic E-state index is -1.49. The molecule has 0 saturated heterocycles. The quantitative estimate of drug-likeness (QED) is 0.331. The van der Waals surface area contributed by atoms with E-state index in [0.717, 1.165) is 29.7 Å². The van der Waals surface area contributed by atoms with Gasteiger partial charge >= 0.3 is 0 Å². The molecular formula is C26H30O2Si. The molecule has 0 heterocycles. The zero-order valence-corrected chi connectivity index (χ0v) is 18.7. The third kappa shape index (κ3) is 5.67. The van der Waals surface area contributed by atoms with E-state index in [9.17, 15) is 4.79 Å². The van der Waals surface area contributed by atoms with Gasteiger partial charge in [-0.1, -0.05) is 91.4 Å². The topological polar surface area (TPSA) is 26.3 Å². The summed E-state index contributed by atoms with van der Waals surface area (Å²) in [6.45, 7) is 7.57. The van der Waals surface area contributed by atoms with Crippen molar-refractivity contribution in [3.8, 4) is 5.75 Å². The zero-order valence-electron chi connectivity index (χ0n) is 17.7. The molecule has 0 atom stereocenters. The van der Waals surface area contributed by atoms with Crippen LogP contribution < -0.4 is 9.92 Å². The minimum Gasteiger partial charge on any atom is -0.494 e. The number of hydrogen-bond acceptors (Lipinski definition) is 2. The smallest absolute Gasteiger partial charge is 0.193 e. The van der Waals surface area contributed by atoms with E-state index in [1.165, 1.54) is 16.8 Å². The van der Waals surface area contributed by atoms with Gasteiger partial charge in [0.15, 0.2) is 5.78 Å². The molecule has 0 radical (unpaired) electrons. The highest BCUT2D eigenvalue weighted by atomic mass is 28.3. The first-order valence-corrected chi connectivity index (χ1v) is 13.6.